The molecule has 0 unspecified atom stereocenters. The van der Waals surface area contributed by atoms with Crippen molar-refractivity contribution in [2.45, 2.75) is 4.21 Å². The number of halogens is 2. The first-order chi connectivity index (χ1) is 9.29. The van der Waals surface area contributed by atoms with Crippen LogP contribution in [0.15, 0.2) is 38.3 Å². The van der Waals surface area contributed by atoms with Crippen LogP contribution in [0.3, 0.4) is 0 Å². The largest absolute Gasteiger partial charge is 0.478 e. The second kappa shape index (κ2) is 5.51. The van der Waals surface area contributed by atoms with Crippen LogP contribution in [0.5, 0.6) is 0 Å². The standard InChI is InChI=1S/C11H7BrFNO4S2/c12-9-3-4-10(19-9)20(17,18)14-8-5-6(13)1-2-7(8)11(15)16/h1-5,14H,(H,15,16). The number of sulfonamides is 1. The maximum atomic E-state index is 13.2. The third kappa shape index (κ3) is 3.17. The fraction of sp³-hybridized carbons (Fsp3) is 0. The molecule has 0 aliphatic heterocycles. The van der Waals surface area contributed by atoms with Gasteiger partial charge in [-0.05, 0) is 46.3 Å². The lowest BCUT2D eigenvalue weighted by molar-refractivity contribution is 0.0698. The molecular formula is C11H7BrFNO4S2. The normalized spacial score (nSPS) is 11.3. The highest BCUT2D eigenvalue weighted by Crippen LogP contribution is 2.28. The Morgan fingerprint density at radius 2 is 2.00 bits per heavy atom. The molecule has 2 N–H and O–H groups in total. The van der Waals surface area contributed by atoms with Gasteiger partial charge < -0.3 is 5.11 Å². The van der Waals surface area contributed by atoms with Gasteiger partial charge in [0.05, 0.1) is 15.0 Å². The van der Waals surface area contributed by atoms with E-state index in [1.165, 1.54) is 6.07 Å². The zero-order valence-corrected chi connectivity index (χ0v) is 12.9. The van der Waals surface area contributed by atoms with E-state index in [9.17, 15) is 17.6 Å². The number of hydrogen-bond donors (Lipinski definition) is 2. The number of thiophene rings is 1. The van der Waals surface area contributed by atoms with Gasteiger partial charge in [0.2, 0.25) is 0 Å². The maximum absolute atomic E-state index is 13.2. The summed E-state index contributed by atoms with van der Waals surface area (Å²) in [7, 11) is -3.96. The number of rotatable bonds is 4. The molecule has 2 aromatic rings. The van der Waals surface area contributed by atoms with Gasteiger partial charge in [-0.2, -0.15) is 0 Å². The molecule has 0 aliphatic carbocycles. The number of carboxylic acid groups (broad SMARTS) is 1. The average Bonchev–Trinajstić information content (AvgIpc) is 2.75. The first-order valence-corrected chi connectivity index (χ1v) is 8.20. The minimum Gasteiger partial charge on any atom is -0.478 e. The fourth-order valence-electron chi connectivity index (χ4n) is 1.42. The van der Waals surface area contributed by atoms with Crippen LogP contribution in [0, 0.1) is 5.82 Å². The van der Waals surface area contributed by atoms with Gasteiger partial charge in [0.1, 0.15) is 10.0 Å². The summed E-state index contributed by atoms with van der Waals surface area (Å²) in [6, 6.07) is 5.67. The molecular weight excluding hydrogens is 373 g/mol. The van der Waals surface area contributed by atoms with Crippen molar-refractivity contribution in [1.29, 1.82) is 0 Å². The quantitative estimate of drug-likeness (QED) is 0.854. The Morgan fingerprint density at radius 1 is 1.30 bits per heavy atom. The van der Waals surface area contributed by atoms with Gasteiger partial charge >= 0.3 is 5.97 Å². The second-order valence-electron chi connectivity index (χ2n) is 3.66. The van der Waals surface area contributed by atoms with Crippen LogP contribution < -0.4 is 4.72 Å². The van der Waals surface area contributed by atoms with Crippen molar-refractivity contribution >= 4 is 48.9 Å². The summed E-state index contributed by atoms with van der Waals surface area (Å²) in [5.74, 6) is -2.09. The third-order valence-electron chi connectivity index (χ3n) is 2.27. The van der Waals surface area contributed by atoms with E-state index in [0.29, 0.717) is 3.79 Å². The SMILES string of the molecule is O=C(O)c1ccc(F)cc1NS(=O)(=O)c1ccc(Br)s1. The fourth-order valence-corrected chi connectivity index (χ4v) is 4.51. The van der Waals surface area contributed by atoms with Crippen molar-refractivity contribution in [1.82, 2.24) is 0 Å². The predicted octanol–water partition coefficient (Wildman–Crippen LogP) is 3.15. The predicted molar refractivity (Wildman–Crippen MR) is 76.2 cm³/mol. The third-order valence-corrected chi connectivity index (χ3v) is 5.75. The molecule has 0 fully saturated rings. The molecule has 0 saturated heterocycles. The summed E-state index contributed by atoms with van der Waals surface area (Å²) < 4.78 is 40.0. The number of nitrogens with one attached hydrogen (secondary N) is 1. The van der Waals surface area contributed by atoms with E-state index < -0.39 is 21.8 Å². The van der Waals surface area contributed by atoms with Crippen LogP contribution >= 0.6 is 27.3 Å². The van der Waals surface area contributed by atoms with Gasteiger partial charge in [-0.3, -0.25) is 4.72 Å². The molecule has 0 radical (unpaired) electrons. The van der Waals surface area contributed by atoms with Gasteiger partial charge in [0.15, 0.2) is 0 Å². The average molecular weight is 380 g/mol. The van der Waals surface area contributed by atoms with E-state index in [-0.39, 0.29) is 15.5 Å². The van der Waals surface area contributed by atoms with E-state index in [0.717, 1.165) is 29.5 Å². The number of aromatic carboxylic acids is 1. The lowest BCUT2D eigenvalue weighted by Gasteiger charge is -2.09. The minimum atomic E-state index is -3.96. The van der Waals surface area contributed by atoms with Crippen LogP contribution in [-0.2, 0) is 10.0 Å². The molecule has 0 aliphatic rings. The van der Waals surface area contributed by atoms with Crippen LogP contribution in [0.4, 0.5) is 10.1 Å². The van der Waals surface area contributed by atoms with Gasteiger partial charge in [-0.15, -0.1) is 11.3 Å². The van der Waals surface area contributed by atoms with E-state index in [1.807, 2.05) is 0 Å². The summed E-state index contributed by atoms with van der Waals surface area (Å²) in [6.07, 6.45) is 0. The molecule has 0 saturated carbocycles. The summed E-state index contributed by atoms with van der Waals surface area (Å²) in [5.41, 5.74) is -0.646. The zero-order valence-electron chi connectivity index (χ0n) is 9.63. The Labute approximate surface area is 126 Å². The number of carbonyl (C=O) groups is 1. The summed E-state index contributed by atoms with van der Waals surface area (Å²) in [6.45, 7) is 0. The number of hydrogen-bond acceptors (Lipinski definition) is 4. The maximum Gasteiger partial charge on any atom is 0.337 e. The summed E-state index contributed by atoms with van der Waals surface area (Å²) in [5, 5.41) is 8.97. The van der Waals surface area contributed by atoms with Crippen molar-refractivity contribution in [2.75, 3.05) is 4.72 Å². The van der Waals surface area contributed by atoms with Gasteiger partial charge in [0, 0.05) is 0 Å². The zero-order chi connectivity index (χ0) is 14.9. The number of anilines is 1. The Balaban J connectivity index is 2.44. The number of carboxylic acids is 1. The molecule has 0 bridgehead atoms. The topological polar surface area (TPSA) is 83.5 Å². The molecule has 0 spiro atoms. The molecule has 1 aromatic heterocycles. The molecule has 9 heteroatoms. The van der Waals surface area contributed by atoms with Crippen molar-refractivity contribution in [3.8, 4) is 0 Å². The van der Waals surface area contributed by atoms with E-state index in [4.69, 9.17) is 5.11 Å². The van der Waals surface area contributed by atoms with E-state index in [1.54, 1.807) is 6.07 Å². The van der Waals surface area contributed by atoms with Crippen LogP contribution in [0.1, 0.15) is 10.4 Å². The summed E-state index contributed by atoms with van der Waals surface area (Å²) >= 11 is 4.09. The van der Waals surface area contributed by atoms with Crippen molar-refractivity contribution in [3.63, 3.8) is 0 Å². The second-order valence-corrected chi connectivity index (χ2v) is 8.03. The molecule has 0 amide bonds. The Bertz CT molecular complexity index is 772. The smallest absolute Gasteiger partial charge is 0.337 e. The van der Waals surface area contributed by atoms with E-state index >= 15 is 0 Å². The molecule has 5 nitrogen and oxygen atoms in total. The van der Waals surface area contributed by atoms with Crippen molar-refractivity contribution < 1.29 is 22.7 Å². The Kier molecular flexibility index (Phi) is 4.11. The van der Waals surface area contributed by atoms with Crippen LogP contribution in [0.2, 0.25) is 0 Å². The summed E-state index contributed by atoms with van der Waals surface area (Å²) in [4.78, 5) is 11.0. The first kappa shape index (κ1) is 14.9. The first-order valence-electron chi connectivity index (χ1n) is 5.10. The molecule has 2 rings (SSSR count). The lowest BCUT2D eigenvalue weighted by Crippen LogP contribution is -2.14. The van der Waals surface area contributed by atoms with Crippen LogP contribution in [-0.4, -0.2) is 19.5 Å². The highest BCUT2D eigenvalue weighted by atomic mass is 79.9. The monoisotopic (exact) mass is 379 g/mol. The highest BCUT2D eigenvalue weighted by Gasteiger charge is 2.20. The van der Waals surface area contributed by atoms with Crippen LogP contribution in [0.25, 0.3) is 0 Å². The highest BCUT2D eigenvalue weighted by molar-refractivity contribution is 9.11. The van der Waals surface area contributed by atoms with Gasteiger partial charge in [-0.1, -0.05) is 0 Å². The van der Waals surface area contributed by atoms with Gasteiger partial charge in [-0.25, -0.2) is 17.6 Å². The molecule has 106 valence electrons. The van der Waals surface area contributed by atoms with E-state index in [2.05, 4.69) is 20.7 Å². The van der Waals surface area contributed by atoms with Crippen molar-refractivity contribution in [3.05, 3.63) is 45.5 Å². The molecule has 1 aromatic carbocycles. The van der Waals surface area contributed by atoms with Gasteiger partial charge in [0.25, 0.3) is 10.0 Å². The van der Waals surface area contributed by atoms with Crippen molar-refractivity contribution in [2.24, 2.45) is 0 Å². The number of benzene rings is 1. The Hall–Kier alpha value is -1.45. The minimum absolute atomic E-state index is 0.00928. The molecule has 1 heterocycles. The lowest BCUT2D eigenvalue weighted by atomic mass is 10.2. The Morgan fingerprint density at radius 3 is 2.55 bits per heavy atom. The molecule has 0 atom stereocenters. The molecule has 20 heavy (non-hydrogen) atoms.